The fourth-order valence-corrected chi connectivity index (χ4v) is 1.75. The average molecular weight is 377 g/mol. The van der Waals surface area contributed by atoms with Crippen LogP contribution in [0.1, 0.15) is 0 Å². The number of rotatable bonds is 4. The van der Waals surface area contributed by atoms with Crippen LogP contribution >= 0.6 is 27.5 Å². The van der Waals surface area contributed by atoms with Gasteiger partial charge in [-0.05, 0) is 22.0 Å². The van der Waals surface area contributed by atoms with Crippen molar-refractivity contribution in [2.45, 2.75) is 6.36 Å². The van der Waals surface area contributed by atoms with Crippen molar-refractivity contribution in [2.75, 3.05) is 5.88 Å². The van der Waals surface area contributed by atoms with Crippen LogP contribution in [0.4, 0.5) is 24.5 Å². The van der Waals surface area contributed by atoms with Crippen LogP contribution in [0, 0.1) is 10.1 Å². The molecule has 0 unspecified atom stereocenters. The summed E-state index contributed by atoms with van der Waals surface area (Å²) in [5, 5.41) is 10.9. The molecule has 20 heavy (non-hydrogen) atoms. The molecule has 1 aromatic carbocycles. The number of nitrogens with two attached hydrogens (primary N) is 1. The molecule has 1 aromatic rings. The van der Waals surface area contributed by atoms with E-state index in [2.05, 4.69) is 25.7 Å². The smallest absolute Gasteiger partial charge is 0.405 e. The molecule has 0 bridgehead atoms. The van der Waals surface area contributed by atoms with Crippen molar-refractivity contribution in [3.63, 3.8) is 0 Å². The lowest BCUT2D eigenvalue weighted by atomic mass is 10.2. The van der Waals surface area contributed by atoms with E-state index in [4.69, 9.17) is 17.3 Å². The van der Waals surface area contributed by atoms with Gasteiger partial charge in [0.2, 0.25) is 0 Å². The first kappa shape index (κ1) is 16.5. The Bertz CT molecular complexity index is 565. The van der Waals surface area contributed by atoms with Crippen molar-refractivity contribution in [2.24, 2.45) is 10.7 Å². The zero-order valence-electron chi connectivity index (χ0n) is 9.45. The lowest BCUT2D eigenvalue weighted by Crippen LogP contribution is -2.17. The molecule has 11 heteroatoms. The van der Waals surface area contributed by atoms with Crippen molar-refractivity contribution in [1.29, 1.82) is 0 Å². The number of hydrogen-bond donors (Lipinski definition) is 1. The number of ether oxygens (including phenoxy) is 1. The van der Waals surface area contributed by atoms with Gasteiger partial charge >= 0.3 is 6.36 Å². The van der Waals surface area contributed by atoms with Crippen molar-refractivity contribution in [3.8, 4) is 5.75 Å². The first-order valence-corrected chi connectivity index (χ1v) is 6.09. The predicted octanol–water partition coefficient (Wildman–Crippen LogP) is 3.48. The van der Waals surface area contributed by atoms with E-state index in [0.717, 1.165) is 6.07 Å². The molecule has 0 aliphatic carbocycles. The van der Waals surface area contributed by atoms with E-state index in [0.29, 0.717) is 6.07 Å². The number of hydrogen-bond acceptors (Lipinski definition) is 4. The molecular weight excluding hydrogens is 370 g/mol. The van der Waals surface area contributed by atoms with Gasteiger partial charge in [0.15, 0.2) is 5.69 Å². The number of nitro groups is 1. The molecule has 0 spiro atoms. The summed E-state index contributed by atoms with van der Waals surface area (Å²) in [5.74, 6) is -1.07. The third-order valence-electron chi connectivity index (χ3n) is 1.84. The molecule has 0 aliphatic heterocycles. The van der Waals surface area contributed by atoms with E-state index in [1.165, 1.54) is 0 Å². The number of nitrogens with zero attached hydrogens (tertiary/aromatic N) is 2. The standard InChI is InChI=1S/C9H6BrClF3N3O3/c10-5-1-4(20-9(12,13)14)2-6(17(18)19)8(5)16-7(15)3-11/h1-2H,3H2,(H2,15,16). The maximum absolute atomic E-state index is 12.1. The van der Waals surface area contributed by atoms with Crippen LogP contribution in [0.5, 0.6) is 5.75 Å². The number of alkyl halides is 4. The summed E-state index contributed by atoms with van der Waals surface area (Å²) in [6.07, 6.45) is -4.97. The maximum atomic E-state index is 12.1. The van der Waals surface area contributed by atoms with Crippen LogP contribution in [-0.4, -0.2) is 23.0 Å². The summed E-state index contributed by atoms with van der Waals surface area (Å²) in [6, 6.07) is 1.49. The second-order valence-electron chi connectivity index (χ2n) is 3.31. The molecule has 6 nitrogen and oxygen atoms in total. The van der Waals surface area contributed by atoms with Crippen molar-refractivity contribution < 1.29 is 22.8 Å². The fourth-order valence-electron chi connectivity index (χ4n) is 1.18. The first-order chi connectivity index (χ1) is 9.14. The van der Waals surface area contributed by atoms with Gasteiger partial charge in [-0.1, -0.05) is 0 Å². The van der Waals surface area contributed by atoms with E-state index in [1.807, 2.05) is 0 Å². The highest BCUT2D eigenvalue weighted by Gasteiger charge is 2.32. The Morgan fingerprint density at radius 2 is 2.15 bits per heavy atom. The summed E-state index contributed by atoms with van der Waals surface area (Å²) in [4.78, 5) is 13.6. The van der Waals surface area contributed by atoms with Gasteiger partial charge in [-0.3, -0.25) is 10.1 Å². The molecule has 110 valence electrons. The van der Waals surface area contributed by atoms with E-state index in [1.54, 1.807) is 0 Å². The summed E-state index contributed by atoms with van der Waals surface area (Å²) < 4.78 is 39.8. The first-order valence-electron chi connectivity index (χ1n) is 4.76. The van der Waals surface area contributed by atoms with Crippen LogP contribution in [0.3, 0.4) is 0 Å². The SMILES string of the molecule is NC(CCl)=Nc1c(Br)cc(OC(F)(F)F)cc1[N+](=O)[O-]. The van der Waals surface area contributed by atoms with Gasteiger partial charge in [-0.2, -0.15) is 0 Å². The highest BCUT2D eigenvalue weighted by atomic mass is 79.9. The highest BCUT2D eigenvalue weighted by Crippen LogP contribution is 2.40. The molecule has 0 fully saturated rings. The molecule has 0 amide bonds. The van der Waals surface area contributed by atoms with Crippen LogP contribution in [-0.2, 0) is 0 Å². The lowest BCUT2D eigenvalue weighted by molar-refractivity contribution is -0.384. The minimum Gasteiger partial charge on any atom is -0.405 e. The summed E-state index contributed by atoms with van der Waals surface area (Å²) in [5.41, 5.74) is 4.40. The molecular formula is C9H6BrClF3N3O3. The molecule has 0 aromatic heterocycles. The van der Waals surface area contributed by atoms with Gasteiger partial charge in [0.05, 0.1) is 21.3 Å². The fraction of sp³-hybridized carbons (Fsp3) is 0.222. The predicted molar refractivity (Wildman–Crippen MR) is 69.5 cm³/mol. The highest BCUT2D eigenvalue weighted by molar-refractivity contribution is 9.10. The Balaban J connectivity index is 3.37. The summed E-state index contributed by atoms with van der Waals surface area (Å²) in [7, 11) is 0. The van der Waals surface area contributed by atoms with Crippen LogP contribution in [0.2, 0.25) is 0 Å². The van der Waals surface area contributed by atoms with Crippen molar-refractivity contribution in [3.05, 3.63) is 26.7 Å². The minimum atomic E-state index is -4.97. The largest absolute Gasteiger partial charge is 0.573 e. The molecule has 0 saturated carbocycles. The second kappa shape index (κ2) is 6.27. The van der Waals surface area contributed by atoms with Gasteiger partial charge in [0.1, 0.15) is 11.6 Å². The third kappa shape index (κ3) is 4.53. The third-order valence-corrected chi connectivity index (χ3v) is 2.72. The molecule has 0 radical (unpaired) electrons. The Morgan fingerprint density at radius 3 is 2.60 bits per heavy atom. The Labute approximate surface area is 123 Å². The van der Waals surface area contributed by atoms with Gasteiger partial charge in [0, 0.05) is 0 Å². The van der Waals surface area contributed by atoms with Crippen molar-refractivity contribution >= 4 is 44.7 Å². The number of nitro benzene ring substituents is 1. The molecule has 0 saturated heterocycles. The number of halogens is 5. The Hall–Kier alpha value is -1.55. The molecule has 1 rings (SSSR count). The number of benzene rings is 1. The van der Waals surface area contributed by atoms with Gasteiger partial charge in [-0.25, -0.2) is 4.99 Å². The van der Waals surface area contributed by atoms with Crippen LogP contribution in [0.25, 0.3) is 0 Å². The van der Waals surface area contributed by atoms with Crippen molar-refractivity contribution in [1.82, 2.24) is 0 Å². The minimum absolute atomic E-state index is 0.0842. The van der Waals surface area contributed by atoms with Gasteiger partial charge < -0.3 is 10.5 Å². The van der Waals surface area contributed by atoms with E-state index < -0.39 is 22.7 Å². The quantitative estimate of drug-likeness (QED) is 0.286. The second-order valence-corrected chi connectivity index (χ2v) is 4.44. The maximum Gasteiger partial charge on any atom is 0.573 e. The summed E-state index contributed by atoms with van der Waals surface area (Å²) >= 11 is 8.26. The van der Waals surface area contributed by atoms with E-state index in [9.17, 15) is 23.3 Å². The topological polar surface area (TPSA) is 90.8 Å². The molecule has 0 aliphatic rings. The molecule has 2 N–H and O–H groups in total. The van der Waals surface area contributed by atoms with Crippen LogP contribution in [0.15, 0.2) is 21.6 Å². The monoisotopic (exact) mass is 375 g/mol. The molecule has 0 heterocycles. The zero-order valence-corrected chi connectivity index (χ0v) is 11.8. The number of amidine groups is 1. The van der Waals surface area contributed by atoms with E-state index in [-0.39, 0.29) is 21.9 Å². The van der Waals surface area contributed by atoms with Gasteiger partial charge in [0.25, 0.3) is 5.69 Å². The zero-order chi connectivity index (χ0) is 15.5. The Morgan fingerprint density at radius 1 is 1.55 bits per heavy atom. The van der Waals surface area contributed by atoms with Gasteiger partial charge in [-0.15, -0.1) is 24.8 Å². The molecule has 0 atom stereocenters. The average Bonchev–Trinajstić information content (AvgIpc) is 2.29. The van der Waals surface area contributed by atoms with Crippen LogP contribution < -0.4 is 10.5 Å². The Kier molecular flexibility index (Phi) is 5.17. The normalized spacial score (nSPS) is 12.3. The summed E-state index contributed by atoms with van der Waals surface area (Å²) in [6.45, 7) is 0. The lowest BCUT2D eigenvalue weighted by Gasteiger charge is -2.10. The number of aliphatic imine (C=N–C) groups is 1. The van der Waals surface area contributed by atoms with E-state index >= 15 is 0 Å².